The minimum atomic E-state index is -1.05. The molecule has 2 fully saturated rings. The van der Waals surface area contributed by atoms with Crippen molar-refractivity contribution in [3.63, 3.8) is 0 Å². The number of hydrogen-bond donors (Lipinski definition) is 4. The van der Waals surface area contributed by atoms with Gasteiger partial charge in [0.1, 0.15) is 23.7 Å². The van der Waals surface area contributed by atoms with E-state index in [4.69, 9.17) is 9.47 Å². The van der Waals surface area contributed by atoms with E-state index in [0.29, 0.717) is 12.8 Å². The standard InChI is InChI=1S/C27H46N4O7/c1-25(2,3)19(30-24(36)38-26(4,5)6)22(34)28-17(12-15-10-11-15)21(33)29-18(23(35)37-9)13-16-14-27(7,8)31-20(16)32/h15-19H,10-14H2,1-9H3,(H,28,34)(H,29,33)(H,30,36)(H,31,32)/t16-,17?,18?,19?/m1/s1. The lowest BCUT2D eigenvalue weighted by Gasteiger charge is -2.32. The van der Waals surface area contributed by atoms with E-state index in [1.807, 2.05) is 13.8 Å². The van der Waals surface area contributed by atoms with Crippen molar-refractivity contribution in [1.82, 2.24) is 21.3 Å². The molecule has 4 amide bonds. The molecule has 11 heteroatoms. The lowest BCUT2D eigenvalue weighted by atomic mass is 9.86. The average molecular weight is 539 g/mol. The van der Waals surface area contributed by atoms with E-state index in [1.54, 1.807) is 41.5 Å². The second-order valence-electron chi connectivity index (χ2n) is 13.3. The largest absolute Gasteiger partial charge is 0.467 e. The molecule has 216 valence electrons. The lowest BCUT2D eigenvalue weighted by molar-refractivity contribution is -0.146. The molecule has 1 saturated heterocycles. The average Bonchev–Trinajstić information content (AvgIpc) is 3.52. The van der Waals surface area contributed by atoms with Crippen LogP contribution in [0.15, 0.2) is 0 Å². The molecule has 1 saturated carbocycles. The van der Waals surface area contributed by atoms with Crippen LogP contribution in [0.25, 0.3) is 0 Å². The Morgan fingerprint density at radius 2 is 1.53 bits per heavy atom. The van der Waals surface area contributed by atoms with E-state index in [2.05, 4.69) is 21.3 Å². The van der Waals surface area contributed by atoms with Gasteiger partial charge in [-0.15, -0.1) is 0 Å². The van der Waals surface area contributed by atoms with Crippen LogP contribution in [-0.4, -0.2) is 66.2 Å². The van der Waals surface area contributed by atoms with Crippen molar-refractivity contribution in [2.24, 2.45) is 17.3 Å². The van der Waals surface area contributed by atoms with Gasteiger partial charge in [0.2, 0.25) is 17.7 Å². The molecule has 1 aliphatic carbocycles. The summed E-state index contributed by atoms with van der Waals surface area (Å²) in [5, 5.41) is 11.0. The second-order valence-corrected chi connectivity index (χ2v) is 13.3. The Bertz CT molecular complexity index is 915. The molecule has 38 heavy (non-hydrogen) atoms. The number of alkyl carbamates (subject to hydrolysis) is 1. The minimum absolute atomic E-state index is 0.0859. The fraction of sp³-hybridized carbons (Fsp3) is 0.815. The first-order valence-corrected chi connectivity index (χ1v) is 13.3. The fourth-order valence-corrected chi connectivity index (χ4v) is 4.57. The third-order valence-corrected chi connectivity index (χ3v) is 6.60. The highest BCUT2D eigenvalue weighted by Gasteiger charge is 2.42. The van der Waals surface area contributed by atoms with Gasteiger partial charge < -0.3 is 30.7 Å². The van der Waals surface area contributed by atoms with E-state index in [0.717, 1.165) is 12.8 Å². The van der Waals surface area contributed by atoms with Gasteiger partial charge in [-0.25, -0.2) is 9.59 Å². The van der Waals surface area contributed by atoms with Crippen molar-refractivity contribution in [1.29, 1.82) is 0 Å². The molecule has 0 aromatic rings. The van der Waals surface area contributed by atoms with Crippen LogP contribution in [0.1, 0.15) is 87.5 Å². The first-order chi connectivity index (χ1) is 17.3. The Balaban J connectivity index is 2.16. The summed E-state index contributed by atoms with van der Waals surface area (Å²) in [7, 11) is 1.22. The second kappa shape index (κ2) is 11.9. The van der Waals surface area contributed by atoms with Crippen LogP contribution < -0.4 is 21.3 Å². The highest BCUT2D eigenvalue weighted by atomic mass is 16.6. The third kappa shape index (κ3) is 9.79. The molecule has 0 bridgehead atoms. The summed E-state index contributed by atoms with van der Waals surface area (Å²) >= 11 is 0. The van der Waals surface area contributed by atoms with Crippen LogP contribution in [-0.2, 0) is 28.7 Å². The van der Waals surface area contributed by atoms with Gasteiger partial charge in [-0.3, -0.25) is 14.4 Å². The third-order valence-electron chi connectivity index (χ3n) is 6.60. The number of rotatable bonds is 10. The van der Waals surface area contributed by atoms with Crippen LogP contribution in [0, 0.1) is 17.3 Å². The molecule has 3 unspecified atom stereocenters. The zero-order chi connectivity index (χ0) is 29.1. The van der Waals surface area contributed by atoms with Crippen LogP contribution in [0.3, 0.4) is 0 Å². The summed E-state index contributed by atoms with van der Waals surface area (Å²) < 4.78 is 10.2. The quantitative estimate of drug-likeness (QED) is 0.311. The number of esters is 1. The first kappa shape index (κ1) is 31.4. The summed E-state index contributed by atoms with van der Waals surface area (Å²) in [6.07, 6.45) is 2.14. The number of methoxy groups -OCH3 is 1. The monoisotopic (exact) mass is 538 g/mol. The van der Waals surface area contributed by atoms with E-state index in [-0.39, 0.29) is 18.2 Å². The fourth-order valence-electron chi connectivity index (χ4n) is 4.57. The SMILES string of the molecule is COC(=O)C(C[C@@H]1CC(C)(C)NC1=O)NC(=O)C(CC1CC1)NC(=O)C(NC(=O)OC(C)(C)C)C(C)(C)C. The Kier molecular flexibility index (Phi) is 9.83. The van der Waals surface area contributed by atoms with Gasteiger partial charge in [0.15, 0.2) is 0 Å². The number of nitrogens with one attached hydrogen (secondary N) is 4. The molecule has 1 heterocycles. The van der Waals surface area contributed by atoms with Gasteiger partial charge in [0.05, 0.1) is 7.11 Å². The van der Waals surface area contributed by atoms with Crippen molar-refractivity contribution in [3.05, 3.63) is 0 Å². The number of carbonyl (C=O) groups is 5. The topological polar surface area (TPSA) is 152 Å². The first-order valence-electron chi connectivity index (χ1n) is 13.3. The molecule has 0 aromatic heterocycles. The molecular weight excluding hydrogens is 492 g/mol. The van der Waals surface area contributed by atoms with Gasteiger partial charge in [-0.2, -0.15) is 0 Å². The summed E-state index contributed by atoms with van der Waals surface area (Å²) in [4.78, 5) is 64.2. The van der Waals surface area contributed by atoms with Crippen LogP contribution in [0.2, 0.25) is 0 Å². The van der Waals surface area contributed by atoms with Gasteiger partial charge in [0.25, 0.3) is 0 Å². The van der Waals surface area contributed by atoms with Crippen LogP contribution >= 0.6 is 0 Å². The Morgan fingerprint density at radius 1 is 0.947 bits per heavy atom. The lowest BCUT2D eigenvalue weighted by Crippen LogP contribution is -2.59. The molecular formula is C27H46N4O7. The normalized spacial score (nSPS) is 21.4. The van der Waals surface area contributed by atoms with Gasteiger partial charge >= 0.3 is 12.1 Å². The van der Waals surface area contributed by atoms with E-state index < -0.39 is 64.5 Å². The molecule has 1 aliphatic heterocycles. The molecule has 0 aromatic carbocycles. The molecule has 2 rings (SSSR count). The summed E-state index contributed by atoms with van der Waals surface area (Å²) in [5.74, 6) is -2.10. The van der Waals surface area contributed by atoms with Gasteiger partial charge in [-0.1, -0.05) is 33.6 Å². The molecule has 0 radical (unpaired) electrons. The van der Waals surface area contributed by atoms with Crippen molar-refractivity contribution in [3.8, 4) is 0 Å². The molecule has 0 spiro atoms. The minimum Gasteiger partial charge on any atom is -0.467 e. The predicted molar refractivity (Wildman–Crippen MR) is 141 cm³/mol. The molecule has 2 aliphatic rings. The van der Waals surface area contributed by atoms with Gasteiger partial charge in [-0.05, 0) is 65.2 Å². The Hall–Kier alpha value is -2.85. The number of amides is 4. The maximum Gasteiger partial charge on any atom is 0.408 e. The molecule has 4 N–H and O–H groups in total. The zero-order valence-corrected chi connectivity index (χ0v) is 24.3. The Morgan fingerprint density at radius 3 is 1.97 bits per heavy atom. The maximum atomic E-state index is 13.4. The van der Waals surface area contributed by atoms with E-state index in [9.17, 15) is 24.0 Å². The summed E-state index contributed by atoms with van der Waals surface area (Å²) in [6, 6.07) is -2.96. The predicted octanol–water partition coefficient (Wildman–Crippen LogP) is 2.17. The smallest absolute Gasteiger partial charge is 0.408 e. The van der Waals surface area contributed by atoms with E-state index in [1.165, 1.54) is 7.11 Å². The van der Waals surface area contributed by atoms with Crippen molar-refractivity contribution in [2.45, 2.75) is 117 Å². The number of ether oxygens (including phenoxy) is 2. The van der Waals surface area contributed by atoms with Gasteiger partial charge in [0, 0.05) is 11.5 Å². The number of carbonyl (C=O) groups excluding carboxylic acids is 5. The van der Waals surface area contributed by atoms with Crippen molar-refractivity contribution >= 4 is 29.8 Å². The van der Waals surface area contributed by atoms with Crippen molar-refractivity contribution in [2.75, 3.05) is 7.11 Å². The highest BCUT2D eigenvalue weighted by molar-refractivity contribution is 5.93. The number of hydrogen-bond acceptors (Lipinski definition) is 7. The molecule has 11 nitrogen and oxygen atoms in total. The highest BCUT2D eigenvalue weighted by Crippen LogP contribution is 2.34. The van der Waals surface area contributed by atoms with Crippen molar-refractivity contribution < 1.29 is 33.4 Å². The van der Waals surface area contributed by atoms with E-state index >= 15 is 0 Å². The molecule has 4 atom stereocenters. The Labute approximate surface area is 225 Å². The van der Waals surface area contributed by atoms with Crippen LogP contribution in [0.4, 0.5) is 4.79 Å². The summed E-state index contributed by atoms with van der Waals surface area (Å²) in [5.41, 5.74) is -1.83. The zero-order valence-electron chi connectivity index (χ0n) is 24.3. The summed E-state index contributed by atoms with van der Waals surface area (Å²) in [6.45, 7) is 14.4. The maximum absolute atomic E-state index is 13.4. The van der Waals surface area contributed by atoms with Crippen LogP contribution in [0.5, 0.6) is 0 Å².